The normalized spacial score (nSPS) is 11.3. The number of nitrogens with one attached hydrogen (secondary N) is 1. The van der Waals surface area contributed by atoms with Crippen molar-refractivity contribution in [1.29, 1.82) is 0 Å². The molecule has 0 radical (unpaired) electrons. The molecule has 0 aliphatic rings. The summed E-state index contributed by atoms with van der Waals surface area (Å²) in [5.41, 5.74) is 7.28. The van der Waals surface area contributed by atoms with E-state index >= 15 is 0 Å². The van der Waals surface area contributed by atoms with Gasteiger partial charge in [0.1, 0.15) is 11.0 Å². The second-order valence-corrected chi connectivity index (χ2v) is 4.96. The summed E-state index contributed by atoms with van der Waals surface area (Å²) in [5, 5.41) is 13.1. The van der Waals surface area contributed by atoms with Gasteiger partial charge >= 0.3 is 0 Å². The molecule has 0 spiro atoms. The van der Waals surface area contributed by atoms with Gasteiger partial charge in [0.25, 0.3) is 0 Å². The van der Waals surface area contributed by atoms with Crippen LogP contribution in [0.4, 0.5) is 5.69 Å². The Hall–Kier alpha value is -3.41. The van der Waals surface area contributed by atoms with Gasteiger partial charge in [-0.3, -0.25) is 5.43 Å². The number of hydrazone groups is 1. The number of hydrogen-bond donors (Lipinski definition) is 1. The lowest BCUT2D eigenvalue weighted by molar-refractivity contribution is 0.567. The van der Waals surface area contributed by atoms with Crippen LogP contribution in [0, 0.1) is 0 Å². The fraction of sp³-hybridized carbons (Fsp3) is 0. The summed E-state index contributed by atoms with van der Waals surface area (Å²) in [6.07, 6.45) is 4.92. The van der Waals surface area contributed by atoms with Crippen molar-refractivity contribution in [3.8, 4) is 5.69 Å². The number of nitrogens with zero attached hydrogens (tertiary/aromatic N) is 4. The molecule has 112 valence electrons. The average molecular weight is 303 g/mol. The minimum Gasteiger partial charge on any atom is -0.472 e. The Labute approximate surface area is 132 Å². The highest BCUT2D eigenvalue weighted by Gasteiger charge is 2.05. The number of furan rings is 1. The second kappa shape index (κ2) is 5.76. The topological polar surface area (TPSA) is 68.2 Å². The molecule has 0 amide bonds. The van der Waals surface area contributed by atoms with E-state index in [1.807, 2.05) is 54.6 Å². The van der Waals surface area contributed by atoms with Crippen molar-refractivity contribution in [3.05, 3.63) is 72.7 Å². The molecule has 0 saturated heterocycles. The van der Waals surface area contributed by atoms with Gasteiger partial charge in [-0.15, -0.1) is 10.2 Å². The van der Waals surface area contributed by atoms with E-state index in [9.17, 15) is 0 Å². The Kier molecular flexibility index (Phi) is 3.32. The van der Waals surface area contributed by atoms with E-state index in [4.69, 9.17) is 4.42 Å². The van der Waals surface area contributed by atoms with Crippen LogP contribution in [0.1, 0.15) is 5.56 Å². The van der Waals surface area contributed by atoms with E-state index in [1.165, 1.54) is 0 Å². The van der Waals surface area contributed by atoms with Crippen molar-refractivity contribution in [2.24, 2.45) is 5.10 Å². The van der Waals surface area contributed by atoms with Crippen molar-refractivity contribution in [1.82, 2.24) is 15.0 Å². The highest BCUT2D eigenvalue weighted by atomic mass is 16.3. The molecule has 0 fully saturated rings. The van der Waals surface area contributed by atoms with Crippen LogP contribution < -0.4 is 5.43 Å². The van der Waals surface area contributed by atoms with Crippen LogP contribution in [-0.4, -0.2) is 21.2 Å². The first-order chi connectivity index (χ1) is 11.4. The van der Waals surface area contributed by atoms with E-state index in [0.29, 0.717) is 0 Å². The highest BCUT2D eigenvalue weighted by Crippen LogP contribution is 2.17. The van der Waals surface area contributed by atoms with Gasteiger partial charge in [-0.05, 0) is 36.4 Å². The Balaban J connectivity index is 1.58. The first-order valence-corrected chi connectivity index (χ1v) is 7.12. The molecule has 0 atom stereocenters. The van der Waals surface area contributed by atoms with Crippen LogP contribution in [0.2, 0.25) is 0 Å². The van der Waals surface area contributed by atoms with Gasteiger partial charge in [0.2, 0.25) is 0 Å². The molecular formula is C17H13N5O. The maximum atomic E-state index is 4.98. The summed E-state index contributed by atoms with van der Waals surface area (Å²) >= 11 is 0. The summed E-state index contributed by atoms with van der Waals surface area (Å²) in [5.74, 6) is 0. The van der Waals surface area contributed by atoms with Gasteiger partial charge < -0.3 is 4.42 Å². The molecule has 6 nitrogen and oxygen atoms in total. The number of benzene rings is 2. The number of fused-ring (bicyclic) bond motifs is 1. The SMILES string of the molecule is C(=N\Nc1ccc2nn(-c3ccccc3)nc2c1)/c1ccoc1. The van der Waals surface area contributed by atoms with E-state index in [-0.39, 0.29) is 0 Å². The summed E-state index contributed by atoms with van der Waals surface area (Å²) in [4.78, 5) is 1.63. The second-order valence-electron chi connectivity index (χ2n) is 4.96. The third-order valence-corrected chi connectivity index (χ3v) is 3.32. The van der Waals surface area contributed by atoms with Crippen LogP contribution in [-0.2, 0) is 0 Å². The standard InChI is InChI=1S/C17H13N5O/c1-2-4-15(5-3-1)22-20-16-7-6-14(10-17(16)21-22)19-18-11-13-8-9-23-12-13/h1-12,19H/b18-11+. The number of hydrogen-bond acceptors (Lipinski definition) is 5. The zero-order valence-electron chi connectivity index (χ0n) is 12.1. The minimum atomic E-state index is 0.803. The molecule has 6 heteroatoms. The van der Waals surface area contributed by atoms with Gasteiger partial charge in [-0.2, -0.15) is 9.90 Å². The van der Waals surface area contributed by atoms with Crippen molar-refractivity contribution < 1.29 is 4.42 Å². The van der Waals surface area contributed by atoms with E-state index in [1.54, 1.807) is 23.5 Å². The van der Waals surface area contributed by atoms with Crippen LogP contribution in [0.25, 0.3) is 16.7 Å². The summed E-state index contributed by atoms with van der Waals surface area (Å²) < 4.78 is 4.98. The lowest BCUT2D eigenvalue weighted by Crippen LogP contribution is -1.97. The predicted molar refractivity (Wildman–Crippen MR) is 88.8 cm³/mol. The molecule has 4 aromatic rings. The molecule has 2 aromatic heterocycles. The van der Waals surface area contributed by atoms with Crippen molar-refractivity contribution in [3.63, 3.8) is 0 Å². The van der Waals surface area contributed by atoms with Crippen molar-refractivity contribution in [2.75, 3.05) is 5.43 Å². The monoisotopic (exact) mass is 303 g/mol. The molecule has 4 rings (SSSR count). The molecule has 0 saturated carbocycles. The van der Waals surface area contributed by atoms with Gasteiger partial charge in [0.15, 0.2) is 0 Å². The molecule has 2 aromatic carbocycles. The van der Waals surface area contributed by atoms with Crippen LogP contribution in [0.15, 0.2) is 76.6 Å². The van der Waals surface area contributed by atoms with Crippen molar-refractivity contribution in [2.45, 2.75) is 0 Å². The Morgan fingerprint density at radius 3 is 2.70 bits per heavy atom. The quantitative estimate of drug-likeness (QED) is 0.463. The Morgan fingerprint density at radius 1 is 1.00 bits per heavy atom. The fourth-order valence-corrected chi connectivity index (χ4v) is 2.19. The fourth-order valence-electron chi connectivity index (χ4n) is 2.19. The molecule has 2 heterocycles. The average Bonchev–Trinajstić information content (AvgIpc) is 3.24. The predicted octanol–water partition coefficient (Wildman–Crippen LogP) is 3.46. The van der Waals surface area contributed by atoms with E-state index in [2.05, 4.69) is 20.7 Å². The Bertz CT molecular complexity index is 942. The summed E-state index contributed by atoms with van der Waals surface area (Å²) in [6, 6.07) is 17.4. The molecular weight excluding hydrogens is 290 g/mol. The van der Waals surface area contributed by atoms with Crippen molar-refractivity contribution >= 4 is 22.9 Å². The number of anilines is 1. The molecule has 23 heavy (non-hydrogen) atoms. The van der Waals surface area contributed by atoms with Crippen LogP contribution in [0.5, 0.6) is 0 Å². The lowest BCUT2D eigenvalue weighted by Gasteiger charge is -1.98. The van der Waals surface area contributed by atoms with Gasteiger partial charge in [0, 0.05) is 5.56 Å². The molecule has 1 N–H and O–H groups in total. The number of para-hydroxylation sites is 1. The summed E-state index contributed by atoms with van der Waals surface area (Å²) in [6.45, 7) is 0. The molecule has 0 aliphatic heterocycles. The smallest absolute Gasteiger partial charge is 0.115 e. The van der Waals surface area contributed by atoms with Crippen LogP contribution >= 0.6 is 0 Å². The van der Waals surface area contributed by atoms with E-state index in [0.717, 1.165) is 28.0 Å². The Morgan fingerprint density at radius 2 is 1.87 bits per heavy atom. The minimum absolute atomic E-state index is 0.803. The zero-order valence-corrected chi connectivity index (χ0v) is 12.1. The lowest BCUT2D eigenvalue weighted by atomic mass is 10.3. The molecule has 0 aliphatic carbocycles. The maximum absolute atomic E-state index is 4.98. The maximum Gasteiger partial charge on any atom is 0.115 e. The first kappa shape index (κ1) is 13.3. The zero-order chi connectivity index (χ0) is 15.5. The number of rotatable bonds is 4. The van der Waals surface area contributed by atoms with Gasteiger partial charge in [-0.25, -0.2) is 0 Å². The molecule has 0 bridgehead atoms. The van der Waals surface area contributed by atoms with Crippen LogP contribution in [0.3, 0.4) is 0 Å². The summed E-state index contributed by atoms with van der Waals surface area (Å²) in [7, 11) is 0. The van der Waals surface area contributed by atoms with E-state index < -0.39 is 0 Å². The third kappa shape index (κ3) is 2.82. The number of aromatic nitrogens is 3. The third-order valence-electron chi connectivity index (χ3n) is 3.32. The van der Waals surface area contributed by atoms with Gasteiger partial charge in [0.05, 0.1) is 30.1 Å². The highest BCUT2D eigenvalue weighted by molar-refractivity contribution is 5.81. The largest absolute Gasteiger partial charge is 0.472 e. The first-order valence-electron chi connectivity index (χ1n) is 7.12. The molecule has 0 unspecified atom stereocenters. The van der Waals surface area contributed by atoms with Gasteiger partial charge in [-0.1, -0.05) is 18.2 Å².